The first-order valence-corrected chi connectivity index (χ1v) is 6.01. The lowest BCUT2D eigenvalue weighted by atomic mass is 10.4. The number of nitrogens with zero attached hydrogens (tertiary/aromatic N) is 2. The Morgan fingerprint density at radius 2 is 2.64 bits per heavy atom. The fourth-order valence-corrected chi connectivity index (χ4v) is 1.45. The number of ether oxygens (including phenoxy) is 1. The van der Waals surface area contributed by atoms with Gasteiger partial charge >= 0.3 is 5.97 Å². The second-order valence-electron chi connectivity index (χ2n) is 1.69. The van der Waals surface area contributed by atoms with Crippen molar-refractivity contribution in [1.82, 2.24) is 9.19 Å². The number of hydrogen-bond donors (Lipinski definition) is 0. The van der Waals surface area contributed by atoms with E-state index in [1.807, 2.05) is 0 Å². The molecule has 0 bridgehead atoms. The van der Waals surface area contributed by atoms with Crippen LogP contribution in [0.3, 0.4) is 0 Å². The third-order valence-corrected chi connectivity index (χ3v) is 2.60. The number of aromatic nitrogens is 2. The average molecular weight is 284 g/mol. The molecule has 1 heterocycles. The molecule has 0 saturated heterocycles. The summed E-state index contributed by atoms with van der Waals surface area (Å²) < 4.78 is 6.07. The molecule has 6 heteroatoms. The van der Waals surface area contributed by atoms with Crippen LogP contribution < -0.4 is 0 Å². The van der Waals surface area contributed by atoms with Crippen molar-refractivity contribution in [2.45, 2.75) is 0 Å². The first kappa shape index (κ1) is 8.85. The minimum Gasteiger partial charge on any atom is -0.465 e. The summed E-state index contributed by atoms with van der Waals surface area (Å²) >= 11 is 2.07. The van der Waals surface area contributed by atoms with Crippen LogP contribution in [0.4, 0.5) is 0 Å². The average Bonchev–Trinajstić information content (AvgIpc) is 2.50. The molecule has 0 atom stereocenters. The number of halogens is 1. The molecule has 0 aromatic carbocycles. The summed E-state index contributed by atoms with van der Waals surface area (Å²) in [5.74, 6) is -0.360. The van der Waals surface area contributed by atoms with Crippen molar-refractivity contribution in [3.8, 4) is 0 Å². The highest BCUT2D eigenvalue weighted by atomic mass is 127. The van der Waals surface area contributed by atoms with Crippen molar-refractivity contribution < 1.29 is 9.53 Å². The Hall–Kier alpha value is -0.240. The summed E-state index contributed by atoms with van der Waals surface area (Å²) in [6.07, 6.45) is 3.08. The van der Waals surface area contributed by atoms with Gasteiger partial charge in [0.25, 0.3) is 0 Å². The molecule has 4 nitrogen and oxygen atoms in total. The first-order valence-electron chi connectivity index (χ1n) is 2.70. The van der Waals surface area contributed by atoms with Gasteiger partial charge in [0.1, 0.15) is 0 Å². The van der Waals surface area contributed by atoms with Gasteiger partial charge in [-0.1, -0.05) is 0 Å². The van der Waals surface area contributed by atoms with Crippen LogP contribution in [-0.2, 0) is 4.74 Å². The Morgan fingerprint density at radius 1 is 1.91 bits per heavy atom. The Morgan fingerprint density at radius 3 is 3.09 bits per heavy atom. The molecule has 0 amide bonds. The predicted octanol–water partition coefficient (Wildman–Crippen LogP) is 1.52. The monoisotopic (exact) mass is 284 g/mol. The summed E-state index contributed by atoms with van der Waals surface area (Å²) in [6.45, 7) is 0. The standard InChI is InChI=1S/C5H5IN2O2S/c1-10-5(9)4-2-7-8(3-4)11-6/h2-3H,1H3. The van der Waals surface area contributed by atoms with Crippen molar-refractivity contribution in [1.29, 1.82) is 0 Å². The molecule has 0 aliphatic heterocycles. The van der Waals surface area contributed by atoms with Gasteiger partial charge < -0.3 is 4.74 Å². The van der Waals surface area contributed by atoms with Gasteiger partial charge in [0.15, 0.2) is 0 Å². The van der Waals surface area contributed by atoms with Gasteiger partial charge in [-0.05, 0) is 0 Å². The molecule has 0 radical (unpaired) electrons. The van der Waals surface area contributed by atoms with E-state index in [9.17, 15) is 4.79 Å². The minimum absolute atomic E-state index is 0.360. The molecule has 0 aliphatic carbocycles. The molecule has 0 spiro atoms. The highest BCUT2D eigenvalue weighted by Gasteiger charge is 2.07. The van der Waals surface area contributed by atoms with Gasteiger partial charge in [0.05, 0.1) is 25.1 Å². The molecule has 60 valence electrons. The van der Waals surface area contributed by atoms with Crippen LogP contribution in [0.15, 0.2) is 12.4 Å². The highest BCUT2D eigenvalue weighted by molar-refractivity contribution is 14.2. The number of hydrogen-bond acceptors (Lipinski definition) is 4. The Labute approximate surface area is 80.0 Å². The molecule has 0 fully saturated rings. The summed E-state index contributed by atoms with van der Waals surface area (Å²) in [6, 6.07) is 0. The SMILES string of the molecule is COC(=O)c1cnn(SI)c1. The summed E-state index contributed by atoms with van der Waals surface area (Å²) in [5, 5.41) is 3.88. The molecule has 0 N–H and O–H groups in total. The van der Waals surface area contributed by atoms with E-state index in [4.69, 9.17) is 0 Å². The smallest absolute Gasteiger partial charge is 0.341 e. The lowest BCUT2D eigenvalue weighted by Gasteiger charge is -1.91. The van der Waals surface area contributed by atoms with Crippen LogP contribution in [0.5, 0.6) is 0 Å². The van der Waals surface area contributed by atoms with Crippen LogP contribution in [0.25, 0.3) is 0 Å². The van der Waals surface area contributed by atoms with Crippen molar-refractivity contribution in [2.75, 3.05) is 7.11 Å². The third kappa shape index (κ3) is 2.09. The van der Waals surface area contributed by atoms with Crippen LogP contribution in [0.1, 0.15) is 10.4 Å². The fourth-order valence-electron chi connectivity index (χ4n) is 0.566. The minimum atomic E-state index is -0.360. The lowest BCUT2D eigenvalue weighted by molar-refractivity contribution is 0.0601. The zero-order chi connectivity index (χ0) is 8.27. The maximum Gasteiger partial charge on any atom is 0.341 e. The van der Waals surface area contributed by atoms with Gasteiger partial charge in [-0.3, -0.25) is 0 Å². The number of carbonyl (C=O) groups excluding carboxylic acids is 1. The normalized spacial score (nSPS) is 9.64. The van der Waals surface area contributed by atoms with E-state index in [0.717, 1.165) is 0 Å². The van der Waals surface area contributed by atoms with E-state index in [0.29, 0.717) is 5.56 Å². The molecule has 0 aliphatic rings. The van der Waals surface area contributed by atoms with Crippen molar-refractivity contribution in [3.05, 3.63) is 18.0 Å². The van der Waals surface area contributed by atoms with Crippen molar-refractivity contribution >= 4 is 36.3 Å². The highest BCUT2D eigenvalue weighted by Crippen LogP contribution is 2.14. The quantitative estimate of drug-likeness (QED) is 0.610. The molecular weight excluding hydrogens is 279 g/mol. The van der Waals surface area contributed by atoms with E-state index >= 15 is 0 Å². The molecule has 1 rings (SSSR count). The summed E-state index contributed by atoms with van der Waals surface area (Å²) in [4.78, 5) is 10.9. The number of esters is 1. The first-order chi connectivity index (χ1) is 5.27. The van der Waals surface area contributed by atoms with E-state index < -0.39 is 0 Å². The van der Waals surface area contributed by atoms with Gasteiger partial charge in [-0.15, -0.1) is 0 Å². The van der Waals surface area contributed by atoms with Gasteiger partial charge in [0, 0.05) is 30.3 Å². The Balaban J connectivity index is 2.80. The van der Waals surface area contributed by atoms with Crippen LogP contribution >= 0.6 is 30.3 Å². The maximum absolute atomic E-state index is 10.9. The molecule has 0 unspecified atom stereocenters. The Kier molecular flexibility index (Phi) is 3.18. The fraction of sp³-hybridized carbons (Fsp3) is 0.200. The summed E-state index contributed by atoms with van der Waals surface area (Å²) in [5.41, 5.74) is 0.469. The van der Waals surface area contributed by atoms with Crippen molar-refractivity contribution in [2.24, 2.45) is 0 Å². The van der Waals surface area contributed by atoms with Crippen LogP contribution in [0.2, 0.25) is 0 Å². The van der Waals surface area contributed by atoms with Gasteiger partial charge in [-0.25, -0.2) is 8.88 Å². The number of carbonyl (C=O) groups is 1. The molecule has 11 heavy (non-hydrogen) atoms. The van der Waals surface area contributed by atoms with Crippen LogP contribution in [0, 0.1) is 0 Å². The Bertz CT molecular complexity index is 263. The molecule has 0 saturated carbocycles. The molecule has 1 aromatic rings. The number of rotatable bonds is 2. The van der Waals surface area contributed by atoms with E-state index in [1.54, 1.807) is 10.3 Å². The topological polar surface area (TPSA) is 44.1 Å². The van der Waals surface area contributed by atoms with Gasteiger partial charge in [-0.2, -0.15) is 5.10 Å². The largest absolute Gasteiger partial charge is 0.465 e. The van der Waals surface area contributed by atoms with Crippen molar-refractivity contribution in [3.63, 3.8) is 0 Å². The zero-order valence-electron chi connectivity index (χ0n) is 5.65. The number of methoxy groups -OCH3 is 1. The molecule has 1 aromatic heterocycles. The zero-order valence-corrected chi connectivity index (χ0v) is 8.63. The second kappa shape index (κ2) is 3.96. The van der Waals surface area contributed by atoms with E-state index in [-0.39, 0.29) is 5.97 Å². The predicted molar refractivity (Wildman–Crippen MR) is 50.6 cm³/mol. The third-order valence-electron chi connectivity index (χ3n) is 1.05. The lowest BCUT2D eigenvalue weighted by Crippen LogP contribution is -1.98. The maximum atomic E-state index is 10.9. The van der Waals surface area contributed by atoms with Gasteiger partial charge in [0.2, 0.25) is 0 Å². The second-order valence-corrected chi connectivity index (χ2v) is 3.39. The molecular formula is C5H5IN2O2S. The summed E-state index contributed by atoms with van der Waals surface area (Å²) in [7, 11) is 2.73. The van der Waals surface area contributed by atoms with E-state index in [2.05, 4.69) is 31.0 Å². The van der Waals surface area contributed by atoms with Crippen LogP contribution in [-0.4, -0.2) is 22.3 Å². The van der Waals surface area contributed by atoms with E-state index in [1.165, 1.54) is 22.4 Å².